The standard InChI is InChI=1S/C19H23NO6S/c1-19(2,3)26-15(21)11-25-18(24)14(9-10-27-4)20-16(22)12-7-5-6-8-13(12)17(20)23/h5-8,14H,9-11H2,1-4H3/t14-/m1/s1. The van der Waals surface area contributed by atoms with Gasteiger partial charge >= 0.3 is 11.9 Å². The molecule has 1 heterocycles. The van der Waals surface area contributed by atoms with E-state index in [1.165, 1.54) is 11.8 Å². The van der Waals surface area contributed by atoms with Crippen LogP contribution >= 0.6 is 11.8 Å². The number of ether oxygens (including phenoxy) is 2. The van der Waals surface area contributed by atoms with Crippen LogP contribution in [0.15, 0.2) is 24.3 Å². The topological polar surface area (TPSA) is 90.0 Å². The van der Waals surface area contributed by atoms with Crippen LogP contribution in [-0.2, 0) is 19.1 Å². The maximum absolute atomic E-state index is 12.6. The summed E-state index contributed by atoms with van der Waals surface area (Å²) < 4.78 is 10.1. The van der Waals surface area contributed by atoms with Gasteiger partial charge in [0.2, 0.25) is 0 Å². The SMILES string of the molecule is CSCC[C@H](C(=O)OCC(=O)OC(C)(C)C)N1C(=O)c2ccccc2C1=O. The molecule has 0 aromatic heterocycles. The Kier molecular flexibility index (Phi) is 6.64. The normalized spacial score (nSPS) is 14.7. The first-order chi connectivity index (χ1) is 12.7. The van der Waals surface area contributed by atoms with E-state index in [-0.39, 0.29) is 17.5 Å². The van der Waals surface area contributed by atoms with Crippen LogP contribution in [0, 0.1) is 0 Å². The first-order valence-corrected chi connectivity index (χ1v) is 9.89. The summed E-state index contributed by atoms with van der Waals surface area (Å²) in [6, 6.07) is 5.32. The van der Waals surface area contributed by atoms with E-state index in [1.54, 1.807) is 45.0 Å². The molecule has 0 unspecified atom stereocenters. The smallest absolute Gasteiger partial charge is 0.344 e. The maximum Gasteiger partial charge on any atom is 0.344 e. The lowest BCUT2D eigenvalue weighted by Crippen LogP contribution is -2.46. The Labute approximate surface area is 162 Å². The van der Waals surface area contributed by atoms with E-state index in [1.807, 2.05) is 6.26 Å². The molecule has 2 rings (SSSR count). The Morgan fingerprint density at radius 2 is 1.67 bits per heavy atom. The molecule has 1 atom stereocenters. The van der Waals surface area contributed by atoms with Crippen molar-refractivity contribution in [1.29, 1.82) is 0 Å². The van der Waals surface area contributed by atoms with E-state index < -0.39 is 42.0 Å². The zero-order valence-electron chi connectivity index (χ0n) is 15.8. The van der Waals surface area contributed by atoms with E-state index >= 15 is 0 Å². The second-order valence-electron chi connectivity index (χ2n) is 7.02. The Bertz CT molecular complexity index is 720. The minimum atomic E-state index is -1.09. The fourth-order valence-corrected chi connectivity index (χ4v) is 3.13. The highest BCUT2D eigenvalue weighted by Gasteiger charge is 2.43. The molecule has 0 bridgehead atoms. The molecule has 0 N–H and O–H groups in total. The van der Waals surface area contributed by atoms with Gasteiger partial charge in [-0.3, -0.25) is 14.5 Å². The number of benzene rings is 1. The van der Waals surface area contributed by atoms with Crippen molar-refractivity contribution in [3.05, 3.63) is 35.4 Å². The van der Waals surface area contributed by atoms with Crippen LogP contribution in [-0.4, -0.2) is 58.9 Å². The number of hydrogen-bond donors (Lipinski definition) is 0. The molecule has 0 aliphatic carbocycles. The number of amides is 2. The molecule has 0 saturated heterocycles. The quantitative estimate of drug-likeness (QED) is 0.518. The van der Waals surface area contributed by atoms with E-state index in [0.29, 0.717) is 5.75 Å². The van der Waals surface area contributed by atoms with Crippen LogP contribution in [0.4, 0.5) is 0 Å². The monoisotopic (exact) mass is 393 g/mol. The van der Waals surface area contributed by atoms with Gasteiger partial charge in [-0.15, -0.1) is 0 Å². The largest absolute Gasteiger partial charge is 0.457 e. The van der Waals surface area contributed by atoms with Gasteiger partial charge in [-0.1, -0.05) is 12.1 Å². The van der Waals surface area contributed by atoms with Crippen molar-refractivity contribution in [1.82, 2.24) is 4.90 Å². The predicted molar refractivity (Wildman–Crippen MR) is 101 cm³/mol. The summed E-state index contributed by atoms with van der Waals surface area (Å²) in [5.74, 6) is -2.02. The van der Waals surface area contributed by atoms with Crippen molar-refractivity contribution in [3.8, 4) is 0 Å². The second kappa shape index (κ2) is 8.56. The summed E-state index contributed by atoms with van der Waals surface area (Å²) in [5, 5.41) is 0. The molecule has 8 heteroatoms. The van der Waals surface area contributed by atoms with Gasteiger partial charge in [0.05, 0.1) is 11.1 Å². The van der Waals surface area contributed by atoms with E-state index in [0.717, 1.165) is 4.90 Å². The summed E-state index contributed by atoms with van der Waals surface area (Å²) in [6.07, 6.45) is 2.09. The van der Waals surface area contributed by atoms with Crippen LogP contribution < -0.4 is 0 Å². The van der Waals surface area contributed by atoms with Gasteiger partial charge in [-0.2, -0.15) is 11.8 Å². The third kappa shape index (κ3) is 5.09. The first kappa shape index (κ1) is 21.0. The minimum absolute atomic E-state index is 0.236. The second-order valence-corrected chi connectivity index (χ2v) is 8.00. The molecular weight excluding hydrogens is 370 g/mol. The first-order valence-electron chi connectivity index (χ1n) is 8.50. The molecule has 27 heavy (non-hydrogen) atoms. The van der Waals surface area contributed by atoms with Crippen LogP contribution in [0.1, 0.15) is 47.9 Å². The van der Waals surface area contributed by atoms with Gasteiger partial charge in [0.1, 0.15) is 11.6 Å². The highest BCUT2D eigenvalue weighted by Crippen LogP contribution is 2.26. The average molecular weight is 393 g/mol. The van der Waals surface area contributed by atoms with Gasteiger partial charge in [0.15, 0.2) is 6.61 Å². The van der Waals surface area contributed by atoms with E-state index in [2.05, 4.69) is 0 Å². The highest BCUT2D eigenvalue weighted by molar-refractivity contribution is 7.98. The van der Waals surface area contributed by atoms with Crippen molar-refractivity contribution < 1.29 is 28.7 Å². The lowest BCUT2D eigenvalue weighted by Gasteiger charge is -2.25. The Morgan fingerprint density at radius 3 is 2.15 bits per heavy atom. The molecular formula is C19H23NO6S. The number of esters is 2. The van der Waals surface area contributed by atoms with Crippen molar-refractivity contribution in [2.45, 2.75) is 38.8 Å². The van der Waals surface area contributed by atoms with Crippen molar-refractivity contribution >= 4 is 35.5 Å². The minimum Gasteiger partial charge on any atom is -0.457 e. The summed E-state index contributed by atoms with van der Waals surface area (Å²) in [7, 11) is 0. The molecule has 7 nitrogen and oxygen atoms in total. The molecule has 1 aliphatic rings. The van der Waals surface area contributed by atoms with Gasteiger partial charge in [-0.25, -0.2) is 9.59 Å². The number of rotatable bonds is 7. The van der Waals surface area contributed by atoms with Gasteiger partial charge in [0, 0.05) is 0 Å². The van der Waals surface area contributed by atoms with E-state index in [9.17, 15) is 19.2 Å². The maximum atomic E-state index is 12.6. The third-order valence-corrected chi connectivity index (χ3v) is 4.40. The van der Waals surface area contributed by atoms with Crippen LogP contribution in [0.3, 0.4) is 0 Å². The number of carbonyl (C=O) groups is 4. The number of hydrogen-bond acceptors (Lipinski definition) is 7. The van der Waals surface area contributed by atoms with Crippen molar-refractivity contribution in [2.75, 3.05) is 18.6 Å². The number of imide groups is 1. The molecule has 0 saturated carbocycles. The van der Waals surface area contributed by atoms with Crippen molar-refractivity contribution in [2.24, 2.45) is 0 Å². The zero-order chi connectivity index (χ0) is 20.2. The van der Waals surface area contributed by atoms with Crippen molar-refractivity contribution in [3.63, 3.8) is 0 Å². The Morgan fingerprint density at radius 1 is 1.11 bits per heavy atom. The predicted octanol–water partition coefficient (Wildman–Crippen LogP) is 2.29. The summed E-state index contributed by atoms with van der Waals surface area (Å²) in [5.41, 5.74) is -0.183. The molecule has 0 spiro atoms. The number of nitrogens with zero attached hydrogens (tertiary/aromatic N) is 1. The Hall–Kier alpha value is -2.35. The lowest BCUT2D eigenvalue weighted by molar-refractivity contribution is -0.168. The summed E-state index contributed by atoms with van der Waals surface area (Å²) in [4.78, 5) is 50.6. The average Bonchev–Trinajstić information content (AvgIpc) is 2.84. The number of thioether (sulfide) groups is 1. The van der Waals surface area contributed by atoms with Gasteiger partial charge in [-0.05, 0) is 51.3 Å². The van der Waals surface area contributed by atoms with Crippen LogP contribution in [0.2, 0.25) is 0 Å². The number of carbonyl (C=O) groups excluding carboxylic acids is 4. The molecule has 2 amide bonds. The molecule has 1 aliphatic heterocycles. The fraction of sp³-hybridized carbons (Fsp3) is 0.474. The molecule has 146 valence electrons. The molecule has 0 fully saturated rings. The van der Waals surface area contributed by atoms with Crippen LogP contribution in [0.5, 0.6) is 0 Å². The summed E-state index contributed by atoms with van der Waals surface area (Å²) in [6.45, 7) is 4.53. The summed E-state index contributed by atoms with van der Waals surface area (Å²) >= 11 is 1.48. The lowest BCUT2D eigenvalue weighted by atomic mass is 10.1. The zero-order valence-corrected chi connectivity index (χ0v) is 16.6. The third-order valence-electron chi connectivity index (χ3n) is 3.76. The molecule has 0 radical (unpaired) electrons. The highest BCUT2D eigenvalue weighted by atomic mass is 32.2. The molecule has 1 aromatic carbocycles. The van der Waals surface area contributed by atoms with Gasteiger partial charge < -0.3 is 9.47 Å². The van der Waals surface area contributed by atoms with Gasteiger partial charge in [0.25, 0.3) is 11.8 Å². The molecule has 1 aromatic rings. The van der Waals surface area contributed by atoms with E-state index in [4.69, 9.17) is 9.47 Å². The van der Waals surface area contributed by atoms with Crippen LogP contribution in [0.25, 0.3) is 0 Å². The fourth-order valence-electron chi connectivity index (χ4n) is 2.67. The number of fused-ring (bicyclic) bond motifs is 1. The Balaban J connectivity index is 2.13.